The summed E-state index contributed by atoms with van der Waals surface area (Å²) in [6.45, 7) is 6.36. The Morgan fingerprint density at radius 3 is 2.70 bits per heavy atom. The van der Waals surface area contributed by atoms with E-state index < -0.39 is 10.5 Å². The molecule has 126 valence electrons. The second kappa shape index (κ2) is 6.62. The van der Waals surface area contributed by atoms with Crippen molar-refractivity contribution < 1.29 is 19.2 Å². The molecule has 1 unspecified atom stereocenters. The lowest BCUT2D eigenvalue weighted by molar-refractivity contribution is -0.384. The van der Waals surface area contributed by atoms with Gasteiger partial charge < -0.3 is 14.4 Å². The number of nitro benzene ring substituents is 1. The number of rotatable bonds is 3. The number of halogens is 1. The average molecular weight is 343 g/mol. The molecular formula is C15H19ClN2O5. The molecule has 23 heavy (non-hydrogen) atoms. The van der Waals surface area contributed by atoms with Crippen LogP contribution in [0.5, 0.6) is 5.75 Å². The summed E-state index contributed by atoms with van der Waals surface area (Å²) in [7, 11) is 0. The van der Waals surface area contributed by atoms with Crippen LogP contribution in [0.4, 0.5) is 10.5 Å². The number of carbonyl (C=O) groups excluding carboxylic acids is 1. The summed E-state index contributed by atoms with van der Waals surface area (Å²) in [5.74, 6) is 0.369. The zero-order valence-electron chi connectivity index (χ0n) is 13.2. The van der Waals surface area contributed by atoms with Gasteiger partial charge in [-0.2, -0.15) is 0 Å². The summed E-state index contributed by atoms with van der Waals surface area (Å²) in [6, 6.07) is 4.05. The van der Waals surface area contributed by atoms with Crippen LogP contribution in [0.15, 0.2) is 18.2 Å². The first-order valence-electron chi connectivity index (χ1n) is 7.24. The number of non-ortho nitro benzene ring substituents is 1. The molecule has 1 aliphatic heterocycles. The van der Waals surface area contributed by atoms with Crippen LogP contribution < -0.4 is 4.74 Å². The van der Waals surface area contributed by atoms with Crippen LogP contribution in [0.3, 0.4) is 0 Å². The van der Waals surface area contributed by atoms with Gasteiger partial charge in [-0.05, 0) is 26.8 Å². The van der Waals surface area contributed by atoms with Gasteiger partial charge in [0.1, 0.15) is 17.5 Å². The fourth-order valence-corrected chi connectivity index (χ4v) is 2.41. The fourth-order valence-electron chi connectivity index (χ4n) is 2.20. The third-order valence-electron chi connectivity index (χ3n) is 3.22. The number of benzene rings is 1. The van der Waals surface area contributed by atoms with E-state index in [0.717, 1.165) is 0 Å². The largest absolute Gasteiger partial charge is 0.487 e. The van der Waals surface area contributed by atoms with Crippen molar-refractivity contribution in [3.05, 3.63) is 33.3 Å². The van der Waals surface area contributed by atoms with Crippen LogP contribution in [0.25, 0.3) is 0 Å². The van der Waals surface area contributed by atoms with Crippen molar-refractivity contribution in [2.45, 2.75) is 38.9 Å². The molecule has 1 heterocycles. The first-order chi connectivity index (χ1) is 10.7. The van der Waals surface area contributed by atoms with Crippen molar-refractivity contribution in [1.82, 2.24) is 4.90 Å². The monoisotopic (exact) mass is 342 g/mol. The molecule has 2 rings (SSSR count). The van der Waals surface area contributed by atoms with E-state index >= 15 is 0 Å². The smallest absolute Gasteiger partial charge is 0.410 e. The maximum absolute atomic E-state index is 12.0. The Labute approximate surface area is 139 Å². The molecule has 0 aromatic heterocycles. The standard InChI is InChI=1S/C15H19ClN2O5/c1-15(2,3)23-14(19)17-7-6-11(9-17)22-13-5-4-10(18(20)21)8-12(13)16/h4-5,8,11H,6-7,9H2,1-3H3. The first-order valence-corrected chi connectivity index (χ1v) is 7.62. The quantitative estimate of drug-likeness (QED) is 0.618. The lowest BCUT2D eigenvalue weighted by Gasteiger charge is -2.24. The Morgan fingerprint density at radius 1 is 1.43 bits per heavy atom. The number of amides is 1. The molecule has 1 aromatic carbocycles. The van der Waals surface area contributed by atoms with Gasteiger partial charge in [-0.15, -0.1) is 0 Å². The summed E-state index contributed by atoms with van der Waals surface area (Å²) in [5, 5.41) is 10.9. The molecule has 1 fully saturated rings. The van der Waals surface area contributed by atoms with E-state index in [2.05, 4.69) is 0 Å². The van der Waals surface area contributed by atoms with Crippen LogP contribution >= 0.6 is 11.6 Å². The number of nitro groups is 1. The van der Waals surface area contributed by atoms with Crippen LogP contribution in [0.1, 0.15) is 27.2 Å². The number of ether oxygens (including phenoxy) is 2. The molecule has 1 aliphatic rings. The molecular weight excluding hydrogens is 324 g/mol. The van der Waals surface area contributed by atoms with Crippen molar-refractivity contribution in [2.24, 2.45) is 0 Å². The van der Waals surface area contributed by atoms with E-state index in [-0.39, 0.29) is 22.9 Å². The third-order valence-corrected chi connectivity index (χ3v) is 3.51. The van der Waals surface area contributed by atoms with Gasteiger partial charge in [0.15, 0.2) is 0 Å². The van der Waals surface area contributed by atoms with E-state index in [1.807, 2.05) is 20.8 Å². The highest BCUT2D eigenvalue weighted by atomic mass is 35.5. The number of hydrogen-bond donors (Lipinski definition) is 0. The molecule has 0 spiro atoms. The van der Waals surface area contributed by atoms with Gasteiger partial charge in [0, 0.05) is 25.1 Å². The van der Waals surface area contributed by atoms with Gasteiger partial charge in [-0.25, -0.2) is 4.79 Å². The van der Waals surface area contributed by atoms with Crippen molar-refractivity contribution >= 4 is 23.4 Å². The molecule has 0 bridgehead atoms. The predicted molar refractivity (Wildman–Crippen MR) is 84.9 cm³/mol. The fraction of sp³-hybridized carbons (Fsp3) is 0.533. The number of nitrogens with zero attached hydrogens (tertiary/aromatic N) is 2. The predicted octanol–water partition coefficient (Wildman–Crippen LogP) is 3.64. The topological polar surface area (TPSA) is 81.9 Å². The van der Waals surface area contributed by atoms with E-state index in [9.17, 15) is 14.9 Å². The normalized spacial score (nSPS) is 17.9. The zero-order valence-corrected chi connectivity index (χ0v) is 14.0. The Morgan fingerprint density at radius 2 is 2.13 bits per heavy atom. The van der Waals surface area contributed by atoms with Gasteiger partial charge >= 0.3 is 6.09 Å². The highest BCUT2D eigenvalue weighted by Crippen LogP contribution is 2.30. The van der Waals surface area contributed by atoms with Gasteiger partial charge in [0.05, 0.1) is 16.5 Å². The zero-order chi connectivity index (χ0) is 17.2. The molecule has 1 atom stereocenters. The van der Waals surface area contributed by atoms with Gasteiger partial charge in [-0.1, -0.05) is 11.6 Å². The van der Waals surface area contributed by atoms with Gasteiger partial charge in [0.2, 0.25) is 0 Å². The van der Waals surface area contributed by atoms with Crippen molar-refractivity contribution in [1.29, 1.82) is 0 Å². The van der Waals surface area contributed by atoms with E-state index in [4.69, 9.17) is 21.1 Å². The number of carbonyl (C=O) groups is 1. The van der Waals surface area contributed by atoms with Crippen LogP contribution in [-0.4, -0.2) is 40.7 Å². The first kappa shape index (κ1) is 17.3. The molecule has 7 nitrogen and oxygen atoms in total. The van der Waals surface area contributed by atoms with Crippen LogP contribution in [0, 0.1) is 10.1 Å². The molecule has 0 saturated carbocycles. The molecule has 8 heteroatoms. The Hall–Kier alpha value is -2.02. The molecule has 0 radical (unpaired) electrons. The summed E-state index contributed by atoms with van der Waals surface area (Å²) in [5.41, 5.74) is -0.637. The summed E-state index contributed by atoms with van der Waals surface area (Å²) >= 11 is 6.00. The Kier molecular flexibility index (Phi) is 4.99. The highest BCUT2D eigenvalue weighted by molar-refractivity contribution is 6.32. The van der Waals surface area contributed by atoms with Crippen molar-refractivity contribution in [3.63, 3.8) is 0 Å². The molecule has 1 saturated heterocycles. The van der Waals surface area contributed by atoms with E-state index in [1.54, 1.807) is 4.90 Å². The maximum atomic E-state index is 12.0. The summed E-state index contributed by atoms with van der Waals surface area (Å²) in [6.07, 6.45) is 0.0481. The summed E-state index contributed by atoms with van der Waals surface area (Å²) < 4.78 is 11.1. The Balaban J connectivity index is 1.96. The SMILES string of the molecule is CC(C)(C)OC(=O)N1CCC(Oc2ccc([N+](=O)[O-])cc2Cl)C1. The number of likely N-dealkylation sites (tertiary alicyclic amines) is 1. The second-order valence-electron chi connectivity index (χ2n) is 6.33. The lowest BCUT2D eigenvalue weighted by Crippen LogP contribution is -2.36. The van der Waals surface area contributed by atoms with Crippen LogP contribution in [0.2, 0.25) is 5.02 Å². The minimum Gasteiger partial charge on any atom is -0.487 e. The third kappa shape index (κ3) is 4.72. The average Bonchev–Trinajstić information content (AvgIpc) is 2.87. The van der Waals surface area contributed by atoms with E-state index in [0.29, 0.717) is 25.3 Å². The van der Waals surface area contributed by atoms with Gasteiger partial charge in [-0.3, -0.25) is 10.1 Å². The summed E-state index contributed by atoms with van der Waals surface area (Å²) in [4.78, 5) is 23.7. The molecule has 1 amide bonds. The number of hydrogen-bond acceptors (Lipinski definition) is 5. The van der Waals surface area contributed by atoms with Crippen molar-refractivity contribution in [3.8, 4) is 5.75 Å². The molecule has 0 aliphatic carbocycles. The second-order valence-corrected chi connectivity index (χ2v) is 6.73. The molecule has 0 N–H and O–H groups in total. The minimum absolute atomic E-state index is 0.0934. The van der Waals surface area contributed by atoms with Crippen molar-refractivity contribution in [2.75, 3.05) is 13.1 Å². The molecule has 1 aromatic rings. The van der Waals surface area contributed by atoms with Crippen LogP contribution in [-0.2, 0) is 4.74 Å². The van der Waals surface area contributed by atoms with E-state index in [1.165, 1.54) is 18.2 Å². The highest BCUT2D eigenvalue weighted by Gasteiger charge is 2.31. The van der Waals surface area contributed by atoms with Gasteiger partial charge in [0.25, 0.3) is 5.69 Å². The Bertz CT molecular complexity index is 614. The minimum atomic E-state index is -0.544. The lowest BCUT2D eigenvalue weighted by atomic mass is 10.2. The maximum Gasteiger partial charge on any atom is 0.410 e.